The predicted molar refractivity (Wildman–Crippen MR) is 268 cm³/mol. The number of carbonyl (C=O) groups excluding carboxylic acids is 6. The molecular weight excluding hydrogens is 938 g/mol. The molecule has 16 heteroatoms. The number of benzene rings is 4. The fourth-order valence-electron chi connectivity index (χ4n) is 10.0. The van der Waals surface area contributed by atoms with Gasteiger partial charge in [0.2, 0.25) is 23.6 Å². The number of carbonyl (C=O) groups is 6. The SMILES string of the molecule is CC(C)C(CS(=O)(=O)C(C)C)N1C(=O)[C@@](C)(CC(=O)Nc2ccc(C(=O)NCCCCCc3cccc4c3CN(C3CCC(=O)NC3=O)C4=O)cc2)C[C@H](c2cccc(Cl)c2)[C@H]1c1ccc(Cl)cc1. The van der Waals surface area contributed by atoms with Crippen molar-refractivity contribution in [3.63, 3.8) is 0 Å². The fraction of sp³-hybridized carbons (Fsp3) is 0.434. The second-order valence-electron chi connectivity index (χ2n) is 19.5. The Kier molecular flexibility index (Phi) is 16.1. The van der Waals surface area contributed by atoms with Gasteiger partial charge in [0.1, 0.15) is 6.04 Å². The molecule has 0 aromatic heterocycles. The first-order valence-electron chi connectivity index (χ1n) is 23.7. The molecule has 0 radical (unpaired) electrons. The van der Waals surface area contributed by atoms with E-state index in [1.165, 1.54) is 0 Å². The van der Waals surface area contributed by atoms with Crippen LogP contribution in [0.15, 0.2) is 91.0 Å². The van der Waals surface area contributed by atoms with Gasteiger partial charge < -0.3 is 20.4 Å². The molecule has 69 heavy (non-hydrogen) atoms. The number of piperidine rings is 2. The van der Waals surface area contributed by atoms with Crippen molar-refractivity contribution < 1.29 is 37.2 Å². The van der Waals surface area contributed by atoms with E-state index in [-0.39, 0.29) is 60.5 Å². The van der Waals surface area contributed by atoms with Crippen LogP contribution in [0.5, 0.6) is 0 Å². The lowest BCUT2D eigenvalue weighted by atomic mass is 9.66. The minimum Gasteiger partial charge on any atom is -0.352 e. The Labute approximate surface area is 415 Å². The van der Waals surface area contributed by atoms with Crippen LogP contribution in [0.25, 0.3) is 0 Å². The molecule has 5 atom stereocenters. The van der Waals surface area contributed by atoms with Crippen LogP contribution < -0.4 is 16.0 Å². The molecule has 2 saturated heterocycles. The van der Waals surface area contributed by atoms with E-state index in [0.29, 0.717) is 46.4 Å². The Morgan fingerprint density at radius 3 is 2.23 bits per heavy atom. The molecule has 2 unspecified atom stereocenters. The van der Waals surface area contributed by atoms with E-state index in [9.17, 15) is 32.4 Å². The van der Waals surface area contributed by atoms with Crippen LogP contribution in [-0.4, -0.2) is 83.3 Å². The van der Waals surface area contributed by atoms with Gasteiger partial charge in [-0.2, -0.15) is 0 Å². The van der Waals surface area contributed by atoms with Crippen LogP contribution >= 0.6 is 23.2 Å². The highest BCUT2D eigenvalue weighted by atomic mass is 35.5. The van der Waals surface area contributed by atoms with Crippen LogP contribution in [0.2, 0.25) is 10.0 Å². The van der Waals surface area contributed by atoms with Crippen molar-refractivity contribution in [3.05, 3.63) is 134 Å². The zero-order valence-electron chi connectivity index (χ0n) is 39.7. The first-order valence-corrected chi connectivity index (χ1v) is 26.2. The Hall–Kier alpha value is -5.57. The molecule has 0 bridgehead atoms. The summed E-state index contributed by atoms with van der Waals surface area (Å²) in [6.45, 7) is 9.65. The molecule has 6 amide bonds. The van der Waals surface area contributed by atoms with E-state index in [0.717, 1.165) is 47.9 Å². The number of sulfone groups is 1. The zero-order valence-corrected chi connectivity index (χ0v) is 42.1. The van der Waals surface area contributed by atoms with Crippen LogP contribution in [-0.2, 0) is 42.0 Å². The van der Waals surface area contributed by atoms with Crippen LogP contribution in [0, 0.1) is 11.3 Å². The lowest BCUT2D eigenvalue weighted by Gasteiger charge is -2.53. The maximum atomic E-state index is 15.2. The molecular formula is C53H61Cl2N5O8S. The molecule has 3 N–H and O–H groups in total. The van der Waals surface area contributed by atoms with E-state index in [1.54, 1.807) is 79.1 Å². The number of likely N-dealkylation sites (tertiary alicyclic amines) is 1. The van der Waals surface area contributed by atoms with E-state index >= 15 is 4.79 Å². The third kappa shape index (κ3) is 11.7. The summed E-state index contributed by atoms with van der Waals surface area (Å²) in [5.41, 5.74) is 3.80. The number of anilines is 1. The van der Waals surface area contributed by atoms with Gasteiger partial charge in [-0.1, -0.05) is 86.8 Å². The van der Waals surface area contributed by atoms with Crippen molar-refractivity contribution in [1.29, 1.82) is 0 Å². The monoisotopic (exact) mass is 997 g/mol. The number of nitrogens with one attached hydrogen (secondary N) is 3. The summed E-state index contributed by atoms with van der Waals surface area (Å²) in [6.07, 6.45) is 3.72. The summed E-state index contributed by atoms with van der Waals surface area (Å²) in [5.74, 6) is -2.83. The first kappa shape index (κ1) is 51.3. The lowest BCUT2D eigenvalue weighted by molar-refractivity contribution is -0.157. The Bertz CT molecular complexity index is 2710. The number of amides is 6. The Morgan fingerprint density at radius 1 is 0.855 bits per heavy atom. The van der Waals surface area contributed by atoms with Crippen LogP contribution in [0.3, 0.4) is 0 Å². The molecule has 2 fully saturated rings. The highest BCUT2D eigenvalue weighted by Gasteiger charge is 2.53. The Balaban J connectivity index is 0.976. The number of imide groups is 1. The summed E-state index contributed by atoms with van der Waals surface area (Å²) in [6, 6.07) is 24.9. The average molecular weight is 999 g/mol. The van der Waals surface area contributed by atoms with Crippen molar-refractivity contribution in [2.45, 2.75) is 122 Å². The third-order valence-corrected chi connectivity index (χ3v) is 16.6. The van der Waals surface area contributed by atoms with Gasteiger partial charge in [0, 0.05) is 64.8 Å². The summed E-state index contributed by atoms with van der Waals surface area (Å²) in [5, 5.41) is 8.60. The average Bonchev–Trinajstić information content (AvgIpc) is 3.63. The van der Waals surface area contributed by atoms with Crippen molar-refractivity contribution in [2.24, 2.45) is 11.3 Å². The molecule has 7 rings (SSSR count). The van der Waals surface area contributed by atoms with Crippen LogP contribution in [0.1, 0.15) is 134 Å². The molecule has 3 aliphatic heterocycles. The number of unbranched alkanes of at least 4 members (excludes halogenated alkanes) is 2. The van der Waals surface area contributed by atoms with Gasteiger partial charge >= 0.3 is 0 Å². The minimum atomic E-state index is -3.62. The number of fused-ring (bicyclic) bond motifs is 1. The summed E-state index contributed by atoms with van der Waals surface area (Å²) < 4.78 is 27.3. The molecule has 13 nitrogen and oxygen atoms in total. The van der Waals surface area contributed by atoms with Gasteiger partial charge in [-0.25, -0.2) is 8.42 Å². The highest BCUT2D eigenvalue weighted by Crippen LogP contribution is 2.53. The molecule has 3 aliphatic rings. The summed E-state index contributed by atoms with van der Waals surface area (Å²) >= 11 is 12.9. The molecule has 0 saturated carbocycles. The van der Waals surface area contributed by atoms with Crippen molar-refractivity contribution in [1.82, 2.24) is 20.4 Å². The van der Waals surface area contributed by atoms with E-state index < -0.39 is 50.4 Å². The fourth-order valence-corrected chi connectivity index (χ4v) is 11.7. The van der Waals surface area contributed by atoms with Gasteiger partial charge in [0.15, 0.2) is 9.84 Å². The number of aryl methyl sites for hydroxylation is 1. The maximum absolute atomic E-state index is 15.2. The number of nitrogens with zero attached hydrogens (tertiary/aromatic N) is 2. The molecule has 4 aromatic rings. The second kappa shape index (κ2) is 21.6. The molecule has 3 heterocycles. The smallest absolute Gasteiger partial charge is 0.255 e. The number of rotatable bonds is 18. The standard InChI is InChI=1S/C53H61Cl2N5O8S/c1-32(2)45(31-69(67,68)33(3)4)60-48(35-16-20-38(54)21-17-35)42(37-13-9-14-39(55)27-37)28-53(5,52(60)66)29-47(62)57-40-22-18-36(19-23-40)49(63)56-26-8-6-7-11-34-12-10-15-41-43(34)30-59(51(41)65)44-24-25-46(61)58-50(44)64/h9-10,12-23,27,32-33,42,44-45,48H,6-8,11,24-26,28-31H2,1-5H3,(H,56,63)(H,57,62)(H,58,61,64)/t42-,44?,45?,48-,53-/m1/s1. The maximum Gasteiger partial charge on any atom is 0.255 e. The second-order valence-corrected chi connectivity index (χ2v) is 23.0. The number of hydrogen-bond acceptors (Lipinski definition) is 8. The topological polar surface area (TPSA) is 179 Å². The minimum absolute atomic E-state index is 0.192. The van der Waals surface area contributed by atoms with Crippen LogP contribution in [0.4, 0.5) is 5.69 Å². The highest BCUT2D eigenvalue weighted by molar-refractivity contribution is 7.92. The Morgan fingerprint density at radius 2 is 1.57 bits per heavy atom. The van der Waals surface area contributed by atoms with E-state index in [4.69, 9.17) is 23.2 Å². The van der Waals surface area contributed by atoms with Crippen molar-refractivity contribution in [2.75, 3.05) is 17.6 Å². The molecule has 4 aromatic carbocycles. The van der Waals surface area contributed by atoms with Gasteiger partial charge in [-0.3, -0.25) is 34.1 Å². The van der Waals surface area contributed by atoms with E-state index in [1.807, 2.05) is 56.3 Å². The van der Waals surface area contributed by atoms with Gasteiger partial charge in [0.25, 0.3) is 11.8 Å². The quantitative estimate of drug-likeness (QED) is 0.0654. The normalized spacial score (nSPS) is 21.1. The summed E-state index contributed by atoms with van der Waals surface area (Å²) in [7, 11) is -3.62. The van der Waals surface area contributed by atoms with Gasteiger partial charge in [0.05, 0.1) is 22.5 Å². The van der Waals surface area contributed by atoms with Gasteiger partial charge in [-0.05, 0) is 129 Å². The largest absolute Gasteiger partial charge is 0.352 e. The molecule has 0 aliphatic carbocycles. The van der Waals surface area contributed by atoms with Crippen molar-refractivity contribution >= 4 is 74.2 Å². The summed E-state index contributed by atoms with van der Waals surface area (Å²) in [4.78, 5) is 83.0. The number of halogens is 2. The van der Waals surface area contributed by atoms with Gasteiger partial charge in [-0.15, -0.1) is 0 Å². The van der Waals surface area contributed by atoms with E-state index in [2.05, 4.69) is 16.0 Å². The molecule has 0 spiro atoms. The third-order valence-electron chi connectivity index (χ3n) is 13.9. The lowest BCUT2D eigenvalue weighted by Crippen LogP contribution is -2.59. The van der Waals surface area contributed by atoms with Crippen molar-refractivity contribution in [3.8, 4) is 0 Å². The first-order chi connectivity index (χ1) is 32.8. The predicted octanol–water partition coefficient (Wildman–Crippen LogP) is 8.84. The zero-order chi connectivity index (χ0) is 49.8. The molecule has 366 valence electrons. The number of hydrogen-bond donors (Lipinski definition) is 3.